The van der Waals surface area contributed by atoms with Crippen LogP contribution in [-0.2, 0) is 4.79 Å². The zero-order valence-corrected chi connectivity index (χ0v) is 7.86. The highest BCUT2D eigenvalue weighted by molar-refractivity contribution is 5.56. The zero-order valence-electron chi connectivity index (χ0n) is 7.86. The lowest BCUT2D eigenvalue weighted by atomic mass is 9.75. The Kier molecular flexibility index (Phi) is 3.27. The molecule has 1 aliphatic rings. The number of aliphatic hydroxyl groups excluding tert-OH is 1. The van der Waals surface area contributed by atoms with E-state index in [2.05, 4.69) is 13.8 Å². The number of aliphatic hydroxyl groups is 1. The number of carbonyl (C=O) groups is 1. The van der Waals surface area contributed by atoms with Crippen molar-refractivity contribution in [2.45, 2.75) is 39.2 Å². The molecule has 2 nitrogen and oxygen atoms in total. The van der Waals surface area contributed by atoms with Gasteiger partial charge in [0.25, 0.3) is 0 Å². The smallest absolute Gasteiger partial charge is 0.148 e. The van der Waals surface area contributed by atoms with Crippen molar-refractivity contribution in [3.8, 4) is 0 Å². The lowest BCUT2D eigenvalue weighted by Gasteiger charge is -2.32. The van der Waals surface area contributed by atoms with Crippen LogP contribution < -0.4 is 0 Å². The van der Waals surface area contributed by atoms with Crippen LogP contribution in [0.3, 0.4) is 0 Å². The van der Waals surface area contributed by atoms with E-state index in [1.54, 1.807) is 0 Å². The van der Waals surface area contributed by atoms with E-state index < -0.39 is 6.10 Å². The van der Waals surface area contributed by atoms with E-state index >= 15 is 0 Å². The van der Waals surface area contributed by atoms with Crippen LogP contribution in [-0.4, -0.2) is 17.5 Å². The first-order valence-electron chi connectivity index (χ1n) is 4.76. The molecule has 0 aromatic rings. The van der Waals surface area contributed by atoms with Crippen molar-refractivity contribution >= 4 is 6.29 Å². The summed E-state index contributed by atoms with van der Waals surface area (Å²) in [6, 6.07) is 0. The predicted molar refractivity (Wildman–Crippen MR) is 47.7 cm³/mol. The van der Waals surface area contributed by atoms with Crippen molar-refractivity contribution in [3.63, 3.8) is 0 Å². The molecular weight excluding hydrogens is 152 g/mol. The van der Waals surface area contributed by atoms with Gasteiger partial charge in [0.2, 0.25) is 0 Å². The van der Waals surface area contributed by atoms with E-state index in [0.717, 1.165) is 12.8 Å². The van der Waals surface area contributed by atoms with Gasteiger partial charge in [0.1, 0.15) is 12.4 Å². The minimum absolute atomic E-state index is 0.209. The molecule has 12 heavy (non-hydrogen) atoms. The van der Waals surface area contributed by atoms with E-state index in [1.165, 1.54) is 6.42 Å². The minimum Gasteiger partial charge on any atom is -0.385 e. The van der Waals surface area contributed by atoms with Crippen molar-refractivity contribution in [1.82, 2.24) is 0 Å². The Morgan fingerprint density at radius 1 is 1.25 bits per heavy atom. The second kappa shape index (κ2) is 4.04. The Balaban J connectivity index is 2.48. The Labute approximate surface area is 74.0 Å². The fraction of sp³-hybridized carbons (Fsp3) is 0.900. The third kappa shape index (κ3) is 2.31. The fourth-order valence-corrected chi connectivity index (χ4v) is 2.40. The maximum atomic E-state index is 10.4. The van der Waals surface area contributed by atoms with E-state index in [9.17, 15) is 9.90 Å². The van der Waals surface area contributed by atoms with Crippen LogP contribution in [0.4, 0.5) is 0 Å². The Morgan fingerprint density at radius 2 is 1.75 bits per heavy atom. The van der Waals surface area contributed by atoms with Crippen LogP contribution in [0.25, 0.3) is 0 Å². The summed E-state index contributed by atoms with van der Waals surface area (Å²) >= 11 is 0. The van der Waals surface area contributed by atoms with Crippen molar-refractivity contribution in [2.75, 3.05) is 0 Å². The summed E-state index contributed by atoms with van der Waals surface area (Å²) in [7, 11) is 0. The molecule has 3 atom stereocenters. The second-order valence-corrected chi connectivity index (χ2v) is 4.30. The van der Waals surface area contributed by atoms with Gasteiger partial charge in [-0.25, -0.2) is 0 Å². The van der Waals surface area contributed by atoms with E-state index in [1.807, 2.05) is 0 Å². The van der Waals surface area contributed by atoms with Crippen molar-refractivity contribution in [1.29, 1.82) is 0 Å². The molecule has 1 saturated carbocycles. The van der Waals surface area contributed by atoms with Crippen LogP contribution in [0.5, 0.6) is 0 Å². The van der Waals surface area contributed by atoms with Gasteiger partial charge >= 0.3 is 0 Å². The Morgan fingerprint density at radius 3 is 2.17 bits per heavy atom. The highest BCUT2D eigenvalue weighted by Gasteiger charge is 2.28. The van der Waals surface area contributed by atoms with Crippen LogP contribution in [0.2, 0.25) is 0 Å². The van der Waals surface area contributed by atoms with Crippen LogP contribution >= 0.6 is 0 Å². The van der Waals surface area contributed by atoms with Crippen molar-refractivity contribution < 1.29 is 9.90 Å². The van der Waals surface area contributed by atoms with Gasteiger partial charge < -0.3 is 9.90 Å². The topological polar surface area (TPSA) is 37.3 Å². The summed E-state index contributed by atoms with van der Waals surface area (Å²) in [5.74, 6) is 1.53. The molecule has 0 aliphatic heterocycles. The average Bonchev–Trinajstić information content (AvgIpc) is 2.01. The van der Waals surface area contributed by atoms with Gasteiger partial charge in [-0.1, -0.05) is 13.8 Å². The summed E-state index contributed by atoms with van der Waals surface area (Å²) in [4.78, 5) is 10.4. The van der Waals surface area contributed by atoms with Crippen molar-refractivity contribution in [2.24, 2.45) is 17.8 Å². The molecule has 1 aliphatic carbocycles. The lowest BCUT2D eigenvalue weighted by Crippen LogP contribution is -2.30. The first-order chi connectivity index (χ1) is 5.63. The Hall–Kier alpha value is -0.370. The molecule has 70 valence electrons. The van der Waals surface area contributed by atoms with Crippen LogP contribution in [0.15, 0.2) is 0 Å². The van der Waals surface area contributed by atoms with Gasteiger partial charge in [0.05, 0.1) is 0 Å². The minimum atomic E-state index is -0.727. The molecule has 2 heteroatoms. The van der Waals surface area contributed by atoms with Gasteiger partial charge in [-0.05, 0) is 37.0 Å². The van der Waals surface area contributed by atoms with Crippen molar-refractivity contribution in [3.05, 3.63) is 0 Å². The summed E-state index contributed by atoms with van der Waals surface area (Å²) in [5.41, 5.74) is 0. The predicted octanol–water partition coefficient (Wildman–Crippen LogP) is 1.62. The highest BCUT2D eigenvalue weighted by atomic mass is 16.3. The molecule has 0 aromatic carbocycles. The zero-order chi connectivity index (χ0) is 9.14. The quantitative estimate of drug-likeness (QED) is 0.639. The molecule has 0 radical (unpaired) electrons. The van der Waals surface area contributed by atoms with Gasteiger partial charge in [0, 0.05) is 0 Å². The number of rotatable bonds is 2. The van der Waals surface area contributed by atoms with Gasteiger partial charge in [0.15, 0.2) is 0 Å². The standard InChI is InChI=1S/C10H18O2/c1-7-3-8(2)5-9(4-7)10(12)6-11/h6-10,12H,3-5H2,1-2H3. The molecule has 1 N–H and O–H groups in total. The summed E-state index contributed by atoms with van der Waals surface area (Å²) in [5, 5.41) is 9.35. The first kappa shape index (κ1) is 9.72. The molecule has 1 fully saturated rings. The monoisotopic (exact) mass is 170 g/mol. The normalized spacial score (nSPS) is 39.1. The fourth-order valence-electron chi connectivity index (χ4n) is 2.40. The SMILES string of the molecule is CC1CC(C)CC(C(O)C=O)C1. The molecule has 0 bridgehead atoms. The summed E-state index contributed by atoms with van der Waals surface area (Å²) < 4.78 is 0. The molecule has 0 spiro atoms. The third-order valence-electron chi connectivity index (χ3n) is 2.84. The number of aldehydes is 1. The Bertz CT molecular complexity index is 146. The summed E-state index contributed by atoms with van der Waals surface area (Å²) in [6.45, 7) is 4.39. The maximum Gasteiger partial charge on any atom is 0.148 e. The number of hydrogen-bond acceptors (Lipinski definition) is 2. The van der Waals surface area contributed by atoms with E-state index in [0.29, 0.717) is 18.1 Å². The molecule has 0 aromatic heterocycles. The third-order valence-corrected chi connectivity index (χ3v) is 2.84. The van der Waals surface area contributed by atoms with Gasteiger partial charge in [-0.15, -0.1) is 0 Å². The second-order valence-electron chi connectivity index (χ2n) is 4.30. The largest absolute Gasteiger partial charge is 0.385 e. The van der Waals surface area contributed by atoms with Gasteiger partial charge in [-0.2, -0.15) is 0 Å². The molecule has 1 rings (SSSR count). The van der Waals surface area contributed by atoms with Crippen LogP contribution in [0, 0.1) is 17.8 Å². The molecule has 0 heterocycles. The van der Waals surface area contributed by atoms with Gasteiger partial charge in [-0.3, -0.25) is 0 Å². The lowest BCUT2D eigenvalue weighted by molar-refractivity contribution is -0.118. The molecule has 3 unspecified atom stereocenters. The molecule has 0 saturated heterocycles. The number of hydrogen-bond donors (Lipinski definition) is 1. The van der Waals surface area contributed by atoms with Crippen LogP contribution in [0.1, 0.15) is 33.1 Å². The molecular formula is C10H18O2. The maximum absolute atomic E-state index is 10.4. The highest BCUT2D eigenvalue weighted by Crippen LogP contribution is 2.34. The van der Waals surface area contributed by atoms with E-state index in [-0.39, 0.29) is 5.92 Å². The van der Waals surface area contributed by atoms with E-state index in [4.69, 9.17) is 0 Å². The number of carbonyl (C=O) groups excluding carboxylic acids is 1. The first-order valence-corrected chi connectivity index (χ1v) is 4.76. The molecule has 0 amide bonds. The average molecular weight is 170 g/mol. The summed E-state index contributed by atoms with van der Waals surface area (Å²) in [6.07, 6.45) is 3.20.